The number of carbonyl (C=O) groups excluding carboxylic acids is 1. The van der Waals surface area contributed by atoms with E-state index in [4.69, 9.17) is 27.9 Å². The van der Waals surface area contributed by atoms with Gasteiger partial charge in [-0.25, -0.2) is 4.98 Å². The zero-order valence-electron chi connectivity index (χ0n) is 13.6. The Bertz CT molecular complexity index is 933. The van der Waals surface area contributed by atoms with Crippen molar-refractivity contribution in [3.63, 3.8) is 0 Å². The molecule has 0 unspecified atom stereocenters. The fourth-order valence-electron chi connectivity index (χ4n) is 2.18. The fraction of sp³-hybridized carbons (Fsp3) is 0.118. The number of thioether (sulfide) groups is 1. The Morgan fingerprint density at radius 3 is 2.85 bits per heavy atom. The van der Waals surface area contributed by atoms with Crippen LogP contribution in [0, 0.1) is 0 Å². The zero-order valence-corrected chi connectivity index (χ0v) is 16.0. The number of aromatic amines is 1. The lowest BCUT2D eigenvalue weighted by Gasteiger charge is -2.08. The van der Waals surface area contributed by atoms with Crippen LogP contribution in [0.1, 0.15) is 0 Å². The number of anilines is 1. The number of nitrogens with zero attached hydrogens (tertiary/aromatic N) is 2. The van der Waals surface area contributed by atoms with Crippen LogP contribution < -0.4 is 10.1 Å². The largest absolute Gasteiger partial charge is 0.495 e. The van der Waals surface area contributed by atoms with Gasteiger partial charge in [-0.05, 0) is 30.3 Å². The molecule has 0 saturated heterocycles. The summed E-state index contributed by atoms with van der Waals surface area (Å²) in [5.74, 6) is 1.09. The van der Waals surface area contributed by atoms with Gasteiger partial charge in [0.15, 0.2) is 5.82 Å². The van der Waals surface area contributed by atoms with E-state index in [0.717, 1.165) is 0 Å². The van der Waals surface area contributed by atoms with E-state index in [9.17, 15) is 4.79 Å². The Morgan fingerprint density at radius 1 is 1.27 bits per heavy atom. The quantitative estimate of drug-likeness (QED) is 0.586. The smallest absolute Gasteiger partial charge is 0.234 e. The molecule has 3 rings (SSSR count). The van der Waals surface area contributed by atoms with Crippen LogP contribution >= 0.6 is 35.0 Å². The molecule has 0 radical (unpaired) electrons. The van der Waals surface area contributed by atoms with Crippen LogP contribution in [0.4, 0.5) is 5.69 Å². The fourth-order valence-corrected chi connectivity index (χ4v) is 3.27. The molecule has 1 amide bonds. The third-order valence-electron chi connectivity index (χ3n) is 3.36. The van der Waals surface area contributed by atoms with E-state index >= 15 is 0 Å². The van der Waals surface area contributed by atoms with E-state index in [-0.39, 0.29) is 11.7 Å². The number of amides is 1. The van der Waals surface area contributed by atoms with E-state index in [0.29, 0.717) is 38.0 Å². The second-order valence-corrected chi connectivity index (χ2v) is 6.91. The number of para-hydroxylation sites is 2. The van der Waals surface area contributed by atoms with Crippen LogP contribution in [-0.4, -0.2) is 34.0 Å². The molecule has 2 N–H and O–H groups in total. The molecule has 0 atom stereocenters. The first kappa shape index (κ1) is 18.6. The number of carbonyl (C=O) groups is 1. The SMILES string of the molecule is COc1ccccc1NC(=O)CSc1n[nH]c(-c2ccc(Cl)cc2Cl)n1. The number of hydrogen-bond donors (Lipinski definition) is 2. The van der Waals surface area contributed by atoms with Crippen molar-refractivity contribution in [2.24, 2.45) is 0 Å². The van der Waals surface area contributed by atoms with Gasteiger partial charge < -0.3 is 10.1 Å². The molecule has 0 aliphatic carbocycles. The van der Waals surface area contributed by atoms with Crippen LogP contribution in [0.3, 0.4) is 0 Å². The molecule has 3 aromatic rings. The maximum Gasteiger partial charge on any atom is 0.234 e. The van der Waals surface area contributed by atoms with Crippen molar-refractivity contribution in [1.29, 1.82) is 0 Å². The molecular formula is C17H14Cl2N4O2S. The Labute approximate surface area is 164 Å². The lowest BCUT2D eigenvalue weighted by atomic mass is 10.2. The molecule has 1 heterocycles. The van der Waals surface area contributed by atoms with Crippen molar-refractivity contribution in [2.45, 2.75) is 5.16 Å². The second-order valence-electron chi connectivity index (χ2n) is 5.13. The normalized spacial score (nSPS) is 10.6. The van der Waals surface area contributed by atoms with Gasteiger partial charge in [-0.2, -0.15) is 0 Å². The predicted molar refractivity (Wildman–Crippen MR) is 104 cm³/mol. The monoisotopic (exact) mass is 408 g/mol. The van der Waals surface area contributed by atoms with E-state index < -0.39 is 0 Å². The van der Waals surface area contributed by atoms with Crippen LogP contribution in [0.5, 0.6) is 5.75 Å². The molecule has 0 aliphatic rings. The van der Waals surface area contributed by atoms with Gasteiger partial charge >= 0.3 is 0 Å². The van der Waals surface area contributed by atoms with Gasteiger partial charge in [0, 0.05) is 10.6 Å². The summed E-state index contributed by atoms with van der Waals surface area (Å²) in [6.07, 6.45) is 0. The van der Waals surface area contributed by atoms with E-state index in [1.54, 1.807) is 37.4 Å². The molecule has 134 valence electrons. The molecule has 1 aromatic heterocycles. The minimum atomic E-state index is -0.185. The highest BCUT2D eigenvalue weighted by atomic mass is 35.5. The second kappa shape index (κ2) is 8.44. The lowest BCUT2D eigenvalue weighted by molar-refractivity contribution is -0.113. The maximum atomic E-state index is 12.1. The number of H-pyrrole nitrogens is 1. The highest BCUT2D eigenvalue weighted by Crippen LogP contribution is 2.29. The average Bonchev–Trinajstić information content (AvgIpc) is 3.09. The lowest BCUT2D eigenvalue weighted by Crippen LogP contribution is -2.14. The summed E-state index contributed by atoms with van der Waals surface area (Å²) in [6.45, 7) is 0. The number of ether oxygens (including phenoxy) is 1. The summed E-state index contributed by atoms with van der Waals surface area (Å²) in [7, 11) is 1.55. The molecule has 6 nitrogen and oxygen atoms in total. The Balaban J connectivity index is 1.62. The Hall–Kier alpha value is -2.22. The molecule has 0 fully saturated rings. The van der Waals surface area contributed by atoms with Gasteiger partial charge in [0.05, 0.1) is 23.6 Å². The molecule has 0 bridgehead atoms. The van der Waals surface area contributed by atoms with Gasteiger partial charge in [-0.3, -0.25) is 9.89 Å². The highest BCUT2D eigenvalue weighted by molar-refractivity contribution is 7.99. The van der Waals surface area contributed by atoms with Gasteiger partial charge in [0.2, 0.25) is 11.1 Å². The van der Waals surface area contributed by atoms with Crippen LogP contribution in [0.2, 0.25) is 10.0 Å². The molecule has 0 aliphatic heterocycles. The molecule has 2 aromatic carbocycles. The van der Waals surface area contributed by atoms with Crippen molar-refractivity contribution < 1.29 is 9.53 Å². The van der Waals surface area contributed by atoms with Crippen LogP contribution in [0.25, 0.3) is 11.4 Å². The highest BCUT2D eigenvalue weighted by Gasteiger charge is 2.12. The molecule has 9 heteroatoms. The van der Waals surface area contributed by atoms with E-state index in [2.05, 4.69) is 20.5 Å². The summed E-state index contributed by atoms with van der Waals surface area (Å²) in [5, 5.41) is 11.2. The van der Waals surface area contributed by atoms with Crippen LogP contribution in [0.15, 0.2) is 47.6 Å². The topological polar surface area (TPSA) is 79.9 Å². The minimum absolute atomic E-state index is 0.156. The van der Waals surface area contributed by atoms with E-state index in [1.807, 2.05) is 12.1 Å². The number of halogens is 2. The average molecular weight is 409 g/mol. The third kappa shape index (κ3) is 4.49. The molecule has 26 heavy (non-hydrogen) atoms. The summed E-state index contributed by atoms with van der Waals surface area (Å²) >= 11 is 13.3. The molecular weight excluding hydrogens is 395 g/mol. The summed E-state index contributed by atoms with van der Waals surface area (Å²) in [4.78, 5) is 16.5. The first-order valence-electron chi connectivity index (χ1n) is 7.50. The van der Waals surface area contributed by atoms with Crippen molar-refractivity contribution in [3.8, 4) is 17.1 Å². The van der Waals surface area contributed by atoms with Crippen molar-refractivity contribution in [1.82, 2.24) is 15.2 Å². The van der Waals surface area contributed by atoms with Crippen molar-refractivity contribution >= 4 is 46.6 Å². The van der Waals surface area contributed by atoms with Gasteiger partial charge in [-0.1, -0.05) is 47.1 Å². The third-order valence-corrected chi connectivity index (χ3v) is 4.76. The first-order valence-corrected chi connectivity index (χ1v) is 9.24. The number of rotatable bonds is 6. The van der Waals surface area contributed by atoms with Gasteiger partial charge in [0.25, 0.3) is 0 Å². The summed E-state index contributed by atoms with van der Waals surface area (Å²) in [5.41, 5.74) is 1.30. The van der Waals surface area contributed by atoms with Gasteiger partial charge in [0.1, 0.15) is 5.75 Å². The summed E-state index contributed by atoms with van der Waals surface area (Å²) < 4.78 is 5.21. The number of benzene rings is 2. The van der Waals surface area contributed by atoms with Crippen molar-refractivity contribution in [3.05, 3.63) is 52.5 Å². The number of methoxy groups -OCH3 is 1. The number of aromatic nitrogens is 3. The molecule has 0 spiro atoms. The molecule has 0 saturated carbocycles. The summed E-state index contributed by atoms with van der Waals surface area (Å²) in [6, 6.07) is 12.3. The van der Waals surface area contributed by atoms with Gasteiger partial charge in [-0.15, -0.1) is 5.10 Å². The number of nitrogens with one attached hydrogen (secondary N) is 2. The van der Waals surface area contributed by atoms with Crippen LogP contribution in [-0.2, 0) is 4.79 Å². The zero-order chi connectivity index (χ0) is 18.5. The predicted octanol–water partition coefficient (Wildman–Crippen LogP) is 4.52. The van der Waals surface area contributed by atoms with E-state index in [1.165, 1.54) is 11.8 Å². The Morgan fingerprint density at radius 2 is 2.08 bits per heavy atom. The van der Waals surface area contributed by atoms with Crippen molar-refractivity contribution in [2.75, 3.05) is 18.2 Å². The maximum absolute atomic E-state index is 12.1. The standard InChI is InChI=1S/C17H14Cl2N4O2S/c1-25-14-5-3-2-4-13(14)20-15(24)9-26-17-21-16(22-23-17)11-7-6-10(18)8-12(11)19/h2-8H,9H2,1H3,(H,20,24)(H,21,22,23). The Kier molecular flexibility index (Phi) is 6.03. The minimum Gasteiger partial charge on any atom is -0.495 e. The first-order chi connectivity index (χ1) is 12.6. The number of hydrogen-bond acceptors (Lipinski definition) is 5.